The Kier molecular flexibility index (Phi) is 2.31. The van der Waals surface area contributed by atoms with Gasteiger partial charge in [0.15, 0.2) is 11.5 Å². The number of carbonyl (C=O) groups is 1. The second kappa shape index (κ2) is 3.84. The lowest BCUT2D eigenvalue weighted by Crippen LogP contribution is -2.24. The number of amides is 2. The molecule has 0 aliphatic carbocycles. The Hall–Kier alpha value is -1.91. The number of likely N-dealkylation sites (N-methyl/N-ethyl adjacent to an activating group) is 1. The van der Waals surface area contributed by atoms with Gasteiger partial charge in [-0.25, -0.2) is 4.79 Å². The Morgan fingerprint density at radius 3 is 2.76 bits per heavy atom. The summed E-state index contributed by atoms with van der Waals surface area (Å²) in [5, 5.41) is 2.92. The van der Waals surface area contributed by atoms with Gasteiger partial charge in [0.25, 0.3) is 0 Å². The van der Waals surface area contributed by atoms with Gasteiger partial charge in [0.2, 0.25) is 0 Å². The van der Waals surface area contributed by atoms with Crippen LogP contribution < -0.4 is 14.8 Å². The third-order valence-electron chi connectivity index (χ3n) is 3.07. The zero-order chi connectivity index (χ0) is 11.8. The van der Waals surface area contributed by atoms with Crippen LogP contribution in [0.15, 0.2) is 18.2 Å². The van der Waals surface area contributed by atoms with Crippen LogP contribution in [-0.2, 0) is 0 Å². The Bertz CT molecular complexity index is 461. The van der Waals surface area contributed by atoms with Crippen molar-refractivity contribution in [3.8, 4) is 11.5 Å². The number of urea groups is 1. The van der Waals surface area contributed by atoms with E-state index in [9.17, 15) is 4.79 Å². The number of carbonyl (C=O) groups excluding carboxylic acids is 1. The zero-order valence-electron chi connectivity index (χ0n) is 9.60. The van der Waals surface area contributed by atoms with Crippen molar-refractivity contribution in [2.24, 2.45) is 0 Å². The van der Waals surface area contributed by atoms with Gasteiger partial charge in [-0.05, 0) is 17.7 Å². The molecule has 0 spiro atoms. The van der Waals surface area contributed by atoms with E-state index >= 15 is 0 Å². The van der Waals surface area contributed by atoms with E-state index in [-0.39, 0.29) is 12.1 Å². The first kappa shape index (κ1) is 10.3. The van der Waals surface area contributed by atoms with E-state index in [1.165, 1.54) is 0 Å². The lowest BCUT2D eigenvalue weighted by Gasteiger charge is -2.20. The van der Waals surface area contributed by atoms with Crippen molar-refractivity contribution in [1.82, 2.24) is 10.2 Å². The van der Waals surface area contributed by atoms with Crippen molar-refractivity contribution in [1.29, 1.82) is 0 Å². The largest absolute Gasteiger partial charge is 0.486 e. The molecular weight excluding hydrogens is 220 g/mol. The molecule has 1 atom stereocenters. The maximum Gasteiger partial charge on any atom is 0.317 e. The number of rotatable bonds is 1. The number of ether oxygens (including phenoxy) is 2. The molecule has 2 aliphatic heterocycles. The van der Waals surface area contributed by atoms with Gasteiger partial charge < -0.3 is 19.7 Å². The highest BCUT2D eigenvalue weighted by atomic mass is 16.6. The fourth-order valence-electron chi connectivity index (χ4n) is 2.13. The molecule has 1 unspecified atom stereocenters. The molecular formula is C12H14N2O3. The summed E-state index contributed by atoms with van der Waals surface area (Å²) in [6.07, 6.45) is 0. The van der Waals surface area contributed by atoms with Gasteiger partial charge in [-0.1, -0.05) is 6.07 Å². The molecule has 2 amide bonds. The summed E-state index contributed by atoms with van der Waals surface area (Å²) >= 11 is 0. The maximum absolute atomic E-state index is 11.4. The third kappa shape index (κ3) is 1.77. The minimum Gasteiger partial charge on any atom is -0.486 e. The van der Waals surface area contributed by atoms with Gasteiger partial charge in [-0.15, -0.1) is 0 Å². The van der Waals surface area contributed by atoms with Crippen molar-refractivity contribution >= 4 is 6.03 Å². The number of fused-ring (bicyclic) bond motifs is 1. The Labute approximate surface area is 99.3 Å². The average molecular weight is 234 g/mol. The van der Waals surface area contributed by atoms with Crippen molar-refractivity contribution in [2.75, 3.05) is 26.8 Å². The summed E-state index contributed by atoms with van der Waals surface area (Å²) in [7, 11) is 1.79. The molecule has 90 valence electrons. The molecule has 1 aromatic rings. The van der Waals surface area contributed by atoms with Crippen LogP contribution in [0.25, 0.3) is 0 Å². The zero-order valence-corrected chi connectivity index (χ0v) is 9.60. The number of nitrogens with zero attached hydrogens (tertiary/aromatic N) is 1. The molecule has 0 saturated carbocycles. The highest BCUT2D eigenvalue weighted by Crippen LogP contribution is 2.33. The number of hydrogen-bond acceptors (Lipinski definition) is 3. The molecule has 0 aromatic heterocycles. The summed E-state index contributed by atoms with van der Waals surface area (Å²) < 4.78 is 11.0. The Morgan fingerprint density at radius 2 is 2.06 bits per heavy atom. The Morgan fingerprint density at radius 1 is 1.29 bits per heavy atom. The van der Waals surface area contributed by atoms with Crippen LogP contribution in [0.2, 0.25) is 0 Å². The van der Waals surface area contributed by atoms with Gasteiger partial charge >= 0.3 is 6.03 Å². The number of nitrogens with one attached hydrogen (secondary N) is 1. The Balaban J connectivity index is 1.87. The standard InChI is InChI=1S/C12H14N2O3/c1-14-7-9(13-12(14)15)8-2-3-10-11(6-8)17-5-4-16-10/h2-3,6,9H,4-5,7H2,1H3,(H,13,15). The van der Waals surface area contributed by atoms with Crippen LogP contribution in [0.4, 0.5) is 4.79 Å². The van der Waals surface area contributed by atoms with Crippen molar-refractivity contribution < 1.29 is 14.3 Å². The first-order chi connectivity index (χ1) is 8.24. The van der Waals surface area contributed by atoms with Gasteiger partial charge in [0.1, 0.15) is 13.2 Å². The van der Waals surface area contributed by atoms with Crippen molar-refractivity contribution in [3.63, 3.8) is 0 Å². The number of benzene rings is 1. The fourth-order valence-corrected chi connectivity index (χ4v) is 2.13. The summed E-state index contributed by atoms with van der Waals surface area (Å²) in [4.78, 5) is 13.1. The van der Waals surface area contributed by atoms with Crippen LogP contribution in [-0.4, -0.2) is 37.7 Å². The second-order valence-electron chi connectivity index (χ2n) is 4.29. The summed E-state index contributed by atoms with van der Waals surface area (Å²) in [6.45, 7) is 1.85. The van der Waals surface area contributed by atoms with Gasteiger partial charge in [-0.3, -0.25) is 0 Å². The van der Waals surface area contributed by atoms with Crippen molar-refractivity contribution in [2.45, 2.75) is 6.04 Å². The molecule has 3 rings (SSSR count). The average Bonchev–Trinajstić information content (AvgIpc) is 2.69. The molecule has 5 nitrogen and oxygen atoms in total. The summed E-state index contributed by atoms with van der Waals surface area (Å²) in [6, 6.07) is 5.80. The SMILES string of the molecule is CN1CC(c2ccc3c(c2)OCCO3)NC1=O. The monoisotopic (exact) mass is 234 g/mol. The van der Waals surface area contributed by atoms with Crippen LogP contribution in [0.1, 0.15) is 11.6 Å². The van der Waals surface area contributed by atoms with Gasteiger partial charge in [-0.2, -0.15) is 0 Å². The molecule has 5 heteroatoms. The quantitative estimate of drug-likeness (QED) is 0.793. The number of hydrogen-bond donors (Lipinski definition) is 1. The first-order valence-corrected chi connectivity index (χ1v) is 5.65. The molecule has 1 aromatic carbocycles. The van der Waals surface area contributed by atoms with E-state index in [0.29, 0.717) is 19.8 Å². The minimum atomic E-state index is -0.0371. The van der Waals surface area contributed by atoms with Gasteiger partial charge in [0.05, 0.1) is 6.04 Å². The van der Waals surface area contributed by atoms with Crippen LogP contribution in [0, 0.1) is 0 Å². The van der Waals surface area contributed by atoms with E-state index < -0.39 is 0 Å². The molecule has 1 fully saturated rings. The highest BCUT2D eigenvalue weighted by Gasteiger charge is 2.27. The summed E-state index contributed by atoms with van der Waals surface area (Å²) in [5.41, 5.74) is 1.05. The van der Waals surface area contributed by atoms with E-state index in [1.807, 2.05) is 18.2 Å². The lowest BCUT2D eigenvalue weighted by molar-refractivity contribution is 0.171. The van der Waals surface area contributed by atoms with E-state index in [2.05, 4.69) is 5.32 Å². The fraction of sp³-hybridized carbons (Fsp3) is 0.417. The topological polar surface area (TPSA) is 50.8 Å². The lowest BCUT2D eigenvalue weighted by atomic mass is 10.1. The van der Waals surface area contributed by atoms with E-state index in [0.717, 1.165) is 17.1 Å². The van der Waals surface area contributed by atoms with Crippen LogP contribution in [0.3, 0.4) is 0 Å². The normalized spacial score (nSPS) is 22.5. The molecule has 2 heterocycles. The predicted molar refractivity (Wildman–Crippen MR) is 61.3 cm³/mol. The third-order valence-corrected chi connectivity index (χ3v) is 3.07. The molecule has 0 bridgehead atoms. The van der Waals surface area contributed by atoms with E-state index in [4.69, 9.17) is 9.47 Å². The summed E-state index contributed by atoms with van der Waals surface area (Å²) in [5.74, 6) is 1.54. The van der Waals surface area contributed by atoms with Crippen LogP contribution in [0.5, 0.6) is 11.5 Å². The highest BCUT2D eigenvalue weighted by molar-refractivity contribution is 5.77. The smallest absolute Gasteiger partial charge is 0.317 e. The molecule has 1 saturated heterocycles. The predicted octanol–water partition coefficient (Wildman–Crippen LogP) is 1.15. The maximum atomic E-state index is 11.4. The second-order valence-corrected chi connectivity index (χ2v) is 4.29. The van der Waals surface area contributed by atoms with Crippen LogP contribution >= 0.6 is 0 Å². The van der Waals surface area contributed by atoms with Gasteiger partial charge in [0, 0.05) is 13.6 Å². The molecule has 2 aliphatic rings. The molecule has 17 heavy (non-hydrogen) atoms. The van der Waals surface area contributed by atoms with E-state index in [1.54, 1.807) is 11.9 Å². The van der Waals surface area contributed by atoms with Crippen molar-refractivity contribution in [3.05, 3.63) is 23.8 Å². The first-order valence-electron chi connectivity index (χ1n) is 5.65. The minimum absolute atomic E-state index is 0.0309. The molecule has 1 N–H and O–H groups in total. The molecule has 0 radical (unpaired) electrons.